The van der Waals surface area contributed by atoms with Gasteiger partial charge >= 0.3 is 0 Å². The van der Waals surface area contributed by atoms with Crippen LogP contribution in [0.25, 0.3) is 10.8 Å². The zero-order valence-corrected chi connectivity index (χ0v) is 11.0. The van der Waals surface area contributed by atoms with Crippen molar-refractivity contribution in [2.75, 3.05) is 7.11 Å². The van der Waals surface area contributed by atoms with Crippen molar-refractivity contribution >= 4 is 10.8 Å². The molecule has 0 bridgehead atoms. The van der Waals surface area contributed by atoms with Crippen molar-refractivity contribution in [3.05, 3.63) is 42.2 Å². The van der Waals surface area contributed by atoms with E-state index in [1.165, 1.54) is 0 Å². The number of fused-ring (bicyclic) bond motifs is 1. The molecular formula is C15H19NO2. The third kappa shape index (κ3) is 2.37. The van der Waals surface area contributed by atoms with Gasteiger partial charge in [-0.05, 0) is 22.9 Å². The Kier molecular flexibility index (Phi) is 3.94. The number of benzene rings is 1. The first-order chi connectivity index (χ1) is 8.65. The van der Waals surface area contributed by atoms with Crippen LogP contribution in [-0.4, -0.2) is 23.3 Å². The molecule has 1 heterocycles. The van der Waals surface area contributed by atoms with E-state index in [4.69, 9.17) is 4.74 Å². The van der Waals surface area contributed by atoms with E-state index < -0.39 is 6.10 Å². The highest BCUT2D eigenvalue weighted by molar-refractivity contribution is 5.85. The Labute approximate surface area is 107 Å². The number of nitrogens with zero attached hydrogens (tertiary/aromatic N) is 1. The van der Waals surface area contributed by atoms with Gasteiger partial charge in [-0.3, -0.25) is 4.98 Å². The minimum absolute atomic E-state index is 0.212. The first-order valence-corrected chi connectivity index (χ1v) is 6.18. The summed E-state index contributed by atoms with van der Waals surface area (Å²) >= 11 is 0. The van der Waals surface area contributed by atoms with E-state index in [0.29, 0.717) is 0 Å². The maximum Gasteiger partial charge on any atom is 0.106 e. The highest BCUT2D eigenvalue weighted by atomic mass is 16.5. The highest BCUT2D eigenvalue weighted by Gasteiger charge is 2.25. The molecule has 0 aliphatic carbocycles. The molecule has 0 fully saturated rings. The summed E-state index contributed by atoms with van der Waals surface area (Å²) < 4.78 is 5.41. The Morgan fingerprint density at radius 1 is 1.22 bits per heavy atom. The second-order valence-corrected chi connectivity index (χ2v) is 4.83. The lowest BCUT2D eigenvalue weighted by Crippen LogP contribution is -2.26. The SMILES string of the molecule is COC(C(C)C)C(O)c1cccc2ccncc12. The van der Waals surface area contributed by atoms with Crippen LogP contribution in [-0.2, 0) is 4.74 Å². The molecule has 0 aliphatic rings. The van der Waals surface area contributed by atoms with Crippen molar-refractivity contribution in [2.24, 2.45) is 5.92 Å². The lowest BCUT2D eigenvalue weighted by atomic mass is 9.93. The van der Waals surface area contributed by atoms with E-state index in [1.807, 2.05) is 38.1 Å². The monoisotopic (exact) mass is 245 g/mol. The van der Waals surface area contributed by atoms with Gasteiger partial charge in [-0.2, -0.15) is 0 Å². The summed E-state index contributed by atoms with van der Waals surface area (Å²) in [6.07, 6.45) is 2.70. The molecule has 0 aliphatic heterocycles. The lowest BCUT2D eigenvalue weighted by Gasteiger charge is -2.26. The Bertz CT molecular complexity index is 519. The Morgan fingerprint density at radius 3 is 2.67 bits per heavy atom. The van der Waals surface area contributed by atoms with E-state index in [1.54, 1.807) is 19.5 Å². The zero-order chi connectivity index (χ0) is 13.1. The predicted molar refractivity (Wildman–Crippen MR) is 72.3 cm³/mol. The topological polar surface area (TPSA) is 42.4 Å². The minimum atomic E-state index is -0.636. The highest BCUT2D eigenvalue weighted by Crippen LogP contribution is 2.29. The molecule has 2 aromatic rings. The second kappa shape index (κ2) is 5.46. The first kappa shape index (κ1) is 13.0. The van der Waals surface area contributed by atoms with Gasteiger partial charge in [0, 0.05) is 24.9 Å². The van der Waals surface area contributed by atoms with Crippen molar-refractivity contribution < 1.29 is 9.84 Å². The predicted octanol–water partition coefficient (Wildman–Crippen LogP) is 2.94. The molecule has 1 aromatic carbocycles. The number of aliphatic hydroxyl groups is 1. The number of aromatic nitrogens is 1. The number of hydrogen-bond acceptors (Lipinski definition) is 3. The molecule has 1 N–H and O–H groups in total. The van der Waals surface area contributed by atoms with Gasteiger partial charge in [0.1, 0.15) is 6.10 Å². The van der Waals surface area contributed by atoms with Crippen molar-refractivity contribution in [1.82, 2.24) is 4.98 Å². The molecule has 1 aromatic heterocycles. The molecule has 3 nitrogen and oxygen atoms in total. The van der Waals surface area contributed by atoms with Gasteiger partial charge < -0.3 is 9.84 Å². The van der Waals surface area contributed by atoms with E-state index in [-0.39, 0.29) is 12.0 Å². The fraction of sp³-hybridized carbons (Fsp3) is 0.400. The van der Waals surface area contributed by atoms with Crippen LogP contribution in [0.5, 0.6) is 0 Å². The maximum absolute atomic E-state index is 10.5. The normalized spacial score (nSPS) is 14.9. The number of ether oxygens (including phenoxy) is 1. The smallest absolute Gasteiger partial charge is 0.106 e. The van der Waals surface area contributed by atoms with Gasteiger partial charge in [0.2, 0.25) is 0 Å². The Balaban J connectivity index is 2.47. The van der Waals surface area contributed by atoms with Gasteiger partial charge in [-0.1, -0.05) is 32.0 Å². The number of rotatable bonds is 4. The molecule has 18 heavy (non-hydrogen) atoms. The summed E-state index contributed by atoms with van der Waals surface area (Å²) in [4.78, 5) is 4.13. The molecule has 0 amide bonds. The molecule has 96 valence electrons. The summed E-state index contributed by atoms with van der Waals surface area (Å²) in [5, 5.41) is 12.6. The van der Waals surface area contributed by atoms with Crippen molar-refractivity contribution in [1.29, 1.82) is 0 Å². The van der Waals surface area contributed by atoms with Gasteiger partial charge in [-0.15, -0.1) is 0 Å². The van der Waals surface area contributed by atoms with Crippen LogP contribution in [0.1, 0.15) is 25.5 Å². The van der Waals surface area contributed by atoms with Crippen LogP contribution in [0.15, 0.2) is 36.7 Å². The number of methoxy groups -OCH3 is 1. The number of pyridine rings is 1. The van der Waals surface area contributed by atoms with Crippen LogP contribution in [0.2, 0.25) is 0 Å². The Morgan fingerprint density at radius 2 is 2.00 bits per heavy atom. The molecule has 2 rings (SSSR count). The van der Waals surface area contributed by atoms with Crippen LogP contribution in [0.4, 0.5) is 0 Å². The maximum atomic E-state index is 10.5. The van der Waals surface area contributed by atoms with E-state index in [2.05, 4.69) is 4.98 Å². The lowest BCUT2D eigenvalue weighted by molar-refractivity contribution is -0.0384. The molecule has 0 spiro atoms. The average molecular weight is 245 g/mol. The standard InChI is InChI=1S/C15H19NO2/c1-10(2)15(18-3)14(17)12-6-4-5-11-7-8-16-9-13(11)12/h4-10,14-15,17H,1-3H3. The molecular weight excluding hydrogens is 226 g/mol. The van der Waals surface area contributed by atoms with Gasteiger partial charge in [0.25, 0.3) is 0 Å². The average Bonchev–Trinajstić information content (AvgIpc) is 2.38. The third-order valence-electron chi connectivity index (χ3n) is 3.28. The number of hydrogen-bond donors (Lipinski definition) is 1. The number of aliphatic hydroxyl groups excluding tert-OH is 1. The summed E-state index contributed by atoms with van der Waals surface area (Å²) in [7, 11) is 1.64. The molecule has 0 saturated carbocycles. The summed E-state index contributed by atoms with van der Waals surface area (Å²) in [5.74, 6) is 0.247. The Hall–Kier alpha value is -1.45. The molecule has 0 radical (unpaired) electrons. The fourth-order valence-electron chi connectivity index (χ4n) is 2.34. The van der Waals surface area contributed by atoms with Crippen LogP contribution in [0.3, 0.4) is 0 Å². The second-order valence-electron chi connectivity index (χ2n) is 4.83. The van der Waals surface area contributed by atoms with Crippen LogP contribution >= 0.6 is 0 Å². The third-order valence-corrected chi connectivity index (χ3v) is 3.28. The van der Waals surface area contributed by atoms with Gasteiger partial charge in [-0.25, -0.2) is 0 Å². The molecule has 0 saturated heterocycles. The summed E-state index contributed by atoms with van der Waals surface area (Å²) in [6.45, 7) is 4.08. The van der Waals surface area contributed by atoms with E-state index >= 15 is 0 Å². The molecule has 3 heteroatoms. The molecule has 2 unspecified atom stereocenters. The first-order valence-electron chi connectivity index (χ1n) is 6.18. The molecule has 2 atom stereocenters. The minimum Gasteiger partial charge on any atom is -0.386 e. The summed E-state index contributed by atoms with van der Waals surface area (Å²) in [6, 6.07) is 7.85. The van der Waals surface area contributed by atoms with Crippen LogP contribution < -0.4 is 0 Å². The van der Waals surface area contributed by atoms with E-state index in [9.17, 15) is 5.11 Å². The van der Waals surface area contributed by atoms with Crippen LogP contribution in [0, 0.1) is 5.92 Å². The van der Waals surface area contributed by atoms with E-state index in [0.717, 1.165) is 16.3 Å². The largest absolute Gasteiger partial charge is 0.386 e. The zero-order valence-electron chi connectivity index (χ0n) is 11.0. The van der Waals surface area contributed by atoms with Crippen molar-refractivity contribution in [3.8, 4) is 0 Å². The quantitative estimate of drug-likeness (QED) is 0.900. The van der Waals surface area contributed by atoms with Crippen molar-refractivity contribution in [3.63, 3.8) is 0 Å². The van der Waals surface area contributed by atoms with Crippen molar-refractivity contribution in [2.45, 2.75) is 26.1 Å². The fourth-order valence-corrected chi connectivity index (χ4v) is 2.34. The summed E-state index contributed by atoms with van der Waals surface area (Å²) in [5.41, 5.74) is 0.876. The van der Waals surface area contributed by atoms with Gasteiger partial charge in [0.05, 0.1) is 6.10 Å². The van der Waals surface area contributed by atoms with Gasteiger partial charge in [0.15, 0.2) is 0 Å².